The molecule has 2 rings (SSSR count). The fourth-order valence-corrected chi connectivity index (χ4v) is 2.75. The molecule has 0 saturated carbocycles. The molecular formula is C15H25N3. The quantitative estimate of drug-likeness (QED) is 0.868. The van der Waals surface area contributed by atoms with E-state index in [1.807, 2.05) is 0 Å². The normalized spacial score (nSPS) is 24.1. The van der Waals surface area contributed by atoms with Gasteiger partial charge >= 0.3 is 0 Å². The topological polar surface area (TPSA) is 32.5 Å². The van der Waals surface area contributed by atoms with E-state index in [2.05, 4.69) is 55.1 Å². The van der Waals surface area contributed by atoms with E-state index in [-0.39, 0.29) is 6.04 Å². The molecule has 0 amide bonds. The fraction of sp³-hybridized carbons (Fsp3) is 0.600. The highest BCUT2D eigenvalue weighted by Gasteiger charge is 2.27. The highest BCUT2D eigenvalue weighted by Crippen LogP contribution is 2.13. The van der Waals surface area contributed by atoms with Crippen molar-refractivity contribution in [1.29, 1.82) is 0 Å². The average molecular weight is 247 g/mol. The van der Waals surface area contributed by atoms with Gasteiger partial charge in [0.25, 0.3) is 0 Å². The summed E-state index contributed by atoms with van der Waals surface area (Å²) in [5.41, 5.74) is 9.08. The lowest BCUT2D eigenvalue weighted by Crippen LogP contribution is -2.58. The molecule has 0 aliphatic carbocycles. The molecule has 1 aliphatic heterocycles. The molecule has 2 atom stereocenters. The maximum Gasteiger partial charge on any atom is 0.0375 e. The van der Waals surface area contributed by atoms with Crippen molar-refractivity contribution in [3.63, 3.8) is 0 Å². The lowest BCUT2D eigenvalue weighted by Gasteiger charge is -2.40. The van der Waals surface area contributed by atoms with E-state index in [1.165, 1.54) is 11.1 Å². The smallest absolute Gasteiger partial charge is 0.0375 e. The number of rotatable bonds is 3. The molecule has 2 N–H and O–H groups in total. The van der Waals surface area contributed by atoms with Crippen LogP contribution in [0.5, 0.6) is 0 Å². The Morgan fingerprint density at radius 1 is 1.33 bits per heavy atom. The van der Waals surface area contributed by atoms with Gasteiger partial charge in [0.05, 0.1) is 0 Å². The van der Waals surface area contributed by atoms with Crippen molar-refractivity contribution < 1.29 is 0 Å². The molecule has 1 fully saturated rings. The Hall–Kier alpha value is -0.900. The molecule has 18 heavy (non-hydrogen) atoms. The maximum atomic E-state index is 6.41. The molecule has 2 unspecified atom stereocenters. The summed E-state index contributed by atoms with van der Waals surface area (Å²) in [6.07, 6.45) is 0.963. The molecule has 1 heterocycles. The van der Waals surface area contributed by atoms with Crippen LogP contribution in [0.4, 0.5) is 0 Å². The number of benzene rings is 1. The Morgan fingerprint density at radius 2 is 2.11 bits per heavy atom. The molecule has 1 aliphatic rings. The summed E-state index contributed by atoms with van der Waals surface area (Å²) in [5.74, 6) is 0. The third kappa shape index (κ3) is 3.31. The van der Waals surface area contributed by atoms with Crippen LogP contribution in [0.2, 0.25) is 0 Å². The van der Waals surface area contributed by atoms with Gasteiger partial charge in [0.15, 0.2) is 0 Å². The van der Waals surface area contributed by atoms with Gasteiger partial charge < -0.3 is 10.6 Å². The van der Waals surface area contributed by atoms with Crippen molar-refractivity contribution >= 4 is 0 Å². The van der Waals surface area contributed by atoms with Gasteiger partial charge in [-0.1, -0.05) is 29.8 Å². The van der Waals surface area contributed by atoms with E-state index in [4.69, 9.17) is 5.73 Å². The van der Waals surface area contributed by atoms with Gasteiger partial charge in [-0.05, 0) is 33.0 Å². The van der Waals surface area contributed by atoms with E-state index in [0.717, 1.165) is 26.1 Å². The van der Waals surface area contributed by atoms with Gasteiger partial charge in [0, 0.05) is 31.7 Å². The minimum atomic E-state index is 0.208. The van der Waals surface area contributed by atoms with Crippen LogP contribution in [0.3, 0.4) is 0 Å². The Kier molecular flexibility index (Phi) is 4.38. The van der Waals surface area contributed by atoms with Crippen molar-refractivity contribution in [2.75, 3.05) is 33.7 Å². The van der Waals surface area contributed by atoms with Crippen LogP contribution in [0.25, 0.3) is 0 Å². The van der Waals surface area contributed by atoms with E-state index < -0.39 is 0 Å². The molecule has 0 bridgehead atoms. The molecule has 1 aromatic carbocycles. The molecule has 100 valence electrons. The number of hydrogen-bond acceptors (Lipinski definition) is 3. The number of likely N-dealkylation sites (N-methyl/N-ethyl adjacent to an activating group) is 2. The van der Waals surface area contributed by atoms with Gasteiger partial charge in [0.1, 0.15) is 0 Å². The van der Waals surface area contributed by atoms with Crippen molar-refractivity contribution in [1.82, 2.24) is 9.80 Å². The van der Waals surface area contributed by atoms with Crippen LogP contribution >= 0.6 is 0 Å². The highest BCUT2D eigenvalue weighted by atomic mass is 15.3. The number of nitrogens with zero attached hydrogens (tertiary/aromatic N) is 2. The average Bonchev–Trinajstić information content (AvgIpc) is 2.32. The molecular weight excluding hydrogens is 222 g/mol. The van der Waals surface area contributed by atoms with Crippen molar-refractivity contribution in [3.8, 4) is 0 Å². The van der Waals surface area contributed by atoms with E-state index in [0.29, 0.717) is 6.04 Å². The standard InChI is InChI=1S/C15H25N3/c1-12-5-4-6-13(9-12)10-14(16)15-11-17(2)7-8-18(15)3/h4-6,9,14-15H,7-8,10-11,16H2,1-3H3. The first kappa shape index (κ1) is 13.5. The monoisotopic (exact) mass is 247 g/mol. The van der Waals surface area contributed by atoms with E-state index in [1.54, 1.807) is 0 Å². The third-order valence-electron chi connectivity index (χ3n) is 3.95. The summed E-state index contributed by atoms with van der Waals surface area (Å²) < 4.78 is 0. The number of aryl methyl sites for hydroxylation is 1. The second kappa shape index (κ2) is 5.83. The zero-order valence-electron chi connectivity index (χ0n) is 11.8. The summed E-state index contributed by atoms with van der Waals surface area (Å²) in [4.78, 5) is 4.78. The van der Waals surface area contributed by atoms with Crippen LogP contribution in [0.1, 0.15) is 11.1 Å². The van der Waals surface area contributed by atoms with Gasteiger partial charge in [0.2, 0.25) is 0 Å². The summed E-state index contributed by atoms with van der Waals surface area (Å²) in [6.45, 7) is 5.46. The number of nitrogens with two attached hydrogens (primary N) is 1. The predicted molar refractivity (Wildman–Crippen MR) is 76.8 cm³/mol. The first-order chi connectivity index (χ1) is 8.56. The zero-order valence-corrected chi connectivity index (χ0v) is 11.8. The van der Waals surface area contributed by atoms with Crippen molar-refractivity contribution in [2.24, 2.45) is 5.73 Å². The molecule has 0 aromatic heterocycles. The fourth-order valence-electron chi connectivity index (χ4n) is 2.75. The third-order valence-corrected chi connectivity index (χ3v) is 3.95. The second-order valence-corrected chi connectivity index (χ2v) is 5.67. The minimum absolute atomic E-state index is 0.208. The van der Waals surface area contributed by atoms with Crippen LogP contribution in [0.15, 0.2) is 24.3 Å². The lowest BCUT2D eigenvalue weighted by molar-refractivity contribution is 0.0973. The lowest BCUT2D eigenvalue weighted by atomic mass is 9.97. The molecule has 0 radical (unpaired) electrons. The largest absolute Gasteiger partial charge is 0.326 e. The Morgan fingerprint density at radius 3 is 2.83 bits per heavy atom. The number of hydrogen-bond donors (Lipinski definition) is 1. The van der Waals surface area contributed by atoms with E-state index in [9.17, 15) is 0 Å². The van der Waals surface area contributed by atoms with Crippen LogP contribution < -0.4 is 5.73 Å². The highest BCUT2D eigenvalue weighted by molar-refractivity contribution is 5.23. The minimum Gasteiger partial charge on any atom is -0.326 e. The number of piperazine rings is 1. The first-order valence-corrected chi connectivity index (χ1v) is 6.76. The van der Waals surface area contributed by atoms with Gasteiger partial charge in [-0.15, -0.1) is 0 Å². The Bertz CT molecular complexity index is 391. The van der Waals surface area contributed by atoms with E-state index >= 15 is 0 Å². The summed E-state index contributed by atoms with van der Waals surface area (Å²) in [6, 6.07) is 9.35. The van der Waals surface area contributed by atoms with Crippen molar-refractivity contribution in [3.05, 3.63) is 35.4 Å². The van der Waals surface area contributed by atoms with Gasteiger partial charge in [-0.3, -0.25) is 4.90 Å². The molecule has 0 spiro atoms. The second-order valence-electron chi connectivity index (χ2n) is 5.67. The van der Waals surface area contributed by atoms with Gasteiger partial charge in [-0.25, -0.2) is 0 Å². The summed E-state index contributed by atoms with van der Waals surface area (Å²) in [5, 5.41) is 0. The molecule has 3 heteroatoms. The first-order valence-electron chi connectivity index (χ1n) is 6.76. The van der Waals surface area contributed by atoms with Crippen LogP contribution in [0, 0.1) is 6.92 Å². The summed E-state index contributed by atoms with van der Waals surface area (Å²) in [7, 11) is 4.37. The van der Waals surface area contributed by atoms with Crippen molar-refractivity contribution in [2.45, 2.75) is 25.4 Å². The summed E-state index contributed by atoms with van der Waals surface area (Å²) >= 11 is 0. The zero-order chi connectivity index (χ0) is 13.1. The Labute approximate surface area is 111 Å². The molecule has 1 aromatic rings. The maximum absolute atomic E-state index is 6.41. The Balaban J connectivity index is 2.00. The SMILES string of the molecule is Cc1cccc(CC(N)C2CN(C)CCN2C)c1. The predicted octanol–water partition coefficient (Wildman–Crippen LogP) is 1.11. The van der Waals surface area contributed by atoms with Crippen LogP contribution in [-0.4, -0.2) is 55.6 Å². The van der Waals surface area contributed by atoms with Gasteiger partial charge in [-0.2, -0.15) is 0 Å². The van der Waals surface area contributed by atoms with Crippen LogP contribution in [-0.2, 0) is 6.42 Å². The molecule has 3 nitrogen and oxygen atoms in total. The molecule has 1 saturated heterocycles.